The molecule has 3 saturated heterocycles. The molecular formula is C29H31F3N8O2S. The van der Waals surface area contributed by atoms with Crippen LogP contribution in [0.15, 0.2) is 23.0 Å². The van der Waals surface area contributed by atoms with Crippen molar-refractivity contribution in [2.75, 3.05) is 43.9 Å². The van der Waals surface area contributed by atoms with Crippen LogP contribution in [0.1, 0.15) is 38.1 Å². The lowest BCUT2D eigenvalue weighted by Gasteiger charge is -2.34. The van der Waals surface area contributed by atoms with E-state index in [-0.39, 0.29) is 56.1 Å². The zero-order valence-corrected chi connectivity index (χ0v) is 24.3. The van der Waals surface area contributed by atoms with E-state index in [1.807, 2.05) is 0 Å². The second kappa shape index (κ2) is 9.76. The van der Waals surface area contributed by atoms with Crippen LogP contribution in [0.3, 0.4) is 0 Å². The number of likely N-dealkylation sites (N-methyl/N-ethyl adjacent to an activating group) is 1. The lowest BCUT2D eigenvalue weighted by atomic mass is 10.1. The van der Waals surface area contributed by atoms with Crippen molar-refractivity contribution in [3.63, 3.8) is 0 Å². The number of aromatic nitrogens is 4. The molecule has 4 aliphatic rings. The van der Waals surface area contributed by atoms with Gasteiger partial charge < -0.3 is 25.6 Å². The number of halogens is 3. The highest BCUT2D eigenvalue weighted by Crippen LogP contribution is 2.53. The number of fused-ring (bicyclic) bond motifs is 4. The van der Waals surface area contributed by atoms with Gasteiger partial charge in [0.2, 0.25) is 0 Å². The van der Waals surface area contributed by atoms with Crippen molar-refractivity contribution in [1.82, 2.24) is 29.7 Å². The van der Waals surface area contributed by atoms with Crippen molar-refractivity contribution in [3.8, 4) is 17.3 Å². The summed E-state index contributed by atoms with van der Waals surface area (Å²) in [5, 5.41) is 3.90. The van der Waals surface area contributed by atoms with Crippen molar-refractivity contribution >= 4 is 43.4 Å². The first-order valence-corrected chi connectivity index (χ1v) is 15.5. The van der Waals surface area contributed by atoms with E-state index in [1.54, 1.807) is 6.07 Å². The molecule has 43 heavy (non-hydrogen) atoms. The fraction of sp³-hybridized carbons (Fsp3) is 0.517. The molecule has 0 radical (unpaired) electrons. The molecule has 10 nitrogen and oxygen atoms in total. The molecule has 1 aromatic carbocycles. The number of rotatable bonds is 6. The average Bonchev–Trinajstić information content (AvgIpc) is 3.32. The first kappa shape index (κ1) is 27.1. The number of alkyl halides is 2. The van der Waals surface area contributed by atoms with E-state index in [1.165, 1.54) is 12.1 Å². The molecule has 14 heteroatoms. The molecule has 4 aromatic rings. The lowest BCUT2D eigenvalue weighted by molar-refractivity contribution is 0.100. The predicted octanol–water partition coefficient (Wildman–Crippen LogP) is 3.78. The number of nitrogens with two attached hydrogens (primary N) is 1. The maximum Gasteiger partial charge on any atom is 0.319 e. The molecule has 8 rings (SSSR count). The fourth-order valence-electron chi connectivity index (χ4n) is 7.00. The zero-order valence-electron chi connectivity index (χ0n) is 23.5. The molecule has 3 aromatic heterocycles. The van der Waals surface area contributed by atoms with Crippen LogP contribution in [-0.4, -0.2) is 81.8 Å². The van der Waals surface area contributed by atoms with Crippen LogP contribution in [-0.2, 0) is 0 Å². The third-order valence-corrected chi connectivity index (χ3v) is 10.2. The number of likely N-dealkylation sites (tertiary alicyclic amines) is 1. The molecular weight excluding hydrogens is 581 g/mol. The topological polar surface area (TPSA) is 114 Å². The molecule has 0 spiro atoms. The van der Waals surface area contributed by atoms with Gasteiger partial charge >= 0.3 is 6.01 Å². The Hall–Kier alpha value is -3.49. The fourth-order valence-corrected chi connectivity index (χ4v) is 7.77. The van der Waals surface area contributed by atoms with Crippen LogP contribution in [0.5, 0.6) is 6.01 Å². The minimum Gasteiger partial charge on any atom is -0.462 e. The van der Waals surface area contributed by atoms with Gasteiger partial charge in [0.1, 0.15) is 29.7 Å². The molecule has 3 unspecified atom stereocenters. The number of nitrogen functional groups attached to an aromatic ring is 1. The second-order valence-electron chi connectivity index (χ2n) is 12.2. The van der Waals surface area contributed by atoms with Crippen LogP contribution < -0.4 is 26.2 Å². The maximum atomic E-state index is 14.7. The van der Waals surface area contributed by atoms with Gasteiger partial charge in [-0.15, -0.1) is 0 Å². The van der Waals surface area contributed by atoms with Crippen molar-refractivity contribution in [2.45, 2.75) is 62.2 Å². The minimum absolute atomic E-state index is 0.135. The minimum atomic E-state index is -3.06. The summed E-state index contributed by atoms with van der Waals surface area (Å²) in [4.78, 5) is 32.4. The standard InChI is InChI=1S/C29H31F3N8O2S/c1-38-8-2-3-16(38)13-42-28-35-19-9-20(17-6-7-18(30)24-23(17)36-27(33)43-24)40(21-10-29(21,31)32)26(41)22(19)25(37-28)39-11-14-4-5-15(12-39)34-14/h6-7,9,14-16,21,34H,2-5,8,10-13H2,1H3,(H2,33,36)/t14?,15?,16-,21?/m0/s1. The van der Waals surface area contributed by atoms with E-state index in [9.17, 15) is 18.0 Å². The van der Waals surface area contributed by atoms with E-state index in [0.29, 0.717) is 31.1 Å². The Kier molecular flexibility index (Phi) is 6.15. The normalized spacial score (nSPS) is 26.6. The van der Waals surface area contributed by atoms with Gasteiger partial charge in [-0.05, 0) is 57.5 Å². The summed E-state index contributed by atoms with van der Waals surface area (Å²) in [5.41, 5.74) is 6.33. The van der Waals surface area contributed by atoms with E-state index >= 15 is 0 Å². The van der Waals surface area contributed by atoms with Crippen LogP contribution in [0, 0.1) is 5.82 Å². The van der Waals surface area contributed by atoms with Gasteiger partial charge in [-0.3, -0.25) is 9.36 Å². The molecule has 3 aliphatic heterocycles. The summed E-state index contributed by atoms with van der Waals surface area (Å²) < 4.78 is 51.6. The molecule has 2 bridgehead atoms. The number of anilines is 2. The van der Waals surface area contributed by atoms with Crippen LogP contribution in [0.25, 0.3) is 32.4 Å². The van der Waals surface area contributed by atoms with Crippen molar-refractivity contribution < 1.29 is 17.9 Å². The van der Waals surface area contributed by atoms with E-state index in [4.69, 9.17) is 15.5 Å². The Balaban J connectivity index is 1.34. The third kappa shape index (κ3) is 4.52. The summed E-state index contributed by atoms with van der Waals surface area (Å²) in [7, 11) is 2.06. The number of thiazole rings is 1. The Morgan fingerprint density at radius 3 is 2.63 bits per heavy atom. The lowest BCUT2D eigenvalue weighted by Crippen LogP contribution is -2.51. The van der Waals surface area contributed by atoms with Gasteiger partial charge in [-0.25, -0.2) is 18.2 Å². The molecule has 4 atom stereocenters. The number of ether oxygens (including phenoxy) is 1. The number of pyridine rings is 1. The molecule has 4 fully saturated rings. The summed E-state index contributed by atoms with van der Waals surface area (Å²) in [6, 6.07) is 3.82. The van der Waals surface area contributed by atoms with E-state index in [2.05, 4.69) is 32.1 Å². The van der Waals surface area contributed by atoms with Crippen LogP contribution >= 0.6 is 11.3 Å². The number of benzene rings is 1. The van der Waals surface area contributed by atoms with E-state index in [0.717, 1.165) is 48.1 Å². The SMILES string of the molecule is CN1CCC[C@H]1COc1nc(N2CC3CCC(C2)N3)c2c(=O)n(C3CC3(F)F)c(-c3ccc(F)c4sc(N)nc34)cc2n1. The molecule has 6 heterocycles. The van der Waals surface area contributed by atoms with Gasteiger partial charge in [0.05, 0.1) is 21.4 Å². The predicted molar refractivity (Wildman–Crippen MR) is 159 cm³/mol. The van der Waals surface area contributed by atoms with Gasteiger partial charge in [-0.2, -0.15) is 9.97 Å². The molecule has 3 N–H and O–H groups in total. The second-order valence-corrected chi connectivity index (χ2v) is 13.3. The summed E-state index contributed by atoms with van der Waals surface area (Å²) >= 11 is 0.968. The largest absolute Gasteiger partial charge is 0.462 e. The number of hydrogen-bond acceptors (Lipinski definition) is 10. The van der Waals surface area contributed by atoms with Crippen molar-refractivity contribution in [3.05, 3.63) is 34.4 Å². The summed E-state index contributed by atoms with van der Waals surface area (Å²) in [6.07, 6.45) is 3.64. The maximum absolute atomic E-state index is 14.7. The van der Waals surface area contributed by atoms with Gasteiger partial charge in [-0.1, -0.05) is 11.3 Å². The van der Waals surface area contributed by atoms with E-state index < -0.39 is 29.8 Å². The van der Waals surface area contributed by atoms with Crippen LogP contribution in [0.4, 0.5) is 24.1 Å². The average molecular weight is 613 g/mol. The Labute approximate surface area is 248 Å². The monoisotopic (exact) mass is 612 g/mol. The van der Waals surface area contributed by atoms with Crippen molar-refractivity contribution in [2.24, 2.45) is 0 Å². The first-order valence-electron chi connectivity index (χ1n) is 14.7. The van der Waals surface area contributed by atoms with Crippen molar-refractivity contribution in [1.29, 1.82) is 0 Å². The quantitative estimate of drug-likeness (QED) is 0.336. The number of nitrogens with one attached hydrogen (secondary N) is 1. The number of piperazine rings is 1. The third-order valence-electron chi connectivity index (χ3n) is 9.35. The Morgan fingerprint density at radius 1 is 1.16 bits per heavy atom. The highest BCUT2D eigenvalue weighted by molar-refractivity contribution is 7.22. The molecule has 1 saturated carbocycles. The molecule has 1 aliphatic carbocycles. The first-order chi connectivity index (χ1) is 20.7. The molecule has 226 valence electrons. The Morgan fingerprint density at radius 2 is 1.93 bits per heavy atom. The highest BCUT2D eigenvalue weighted by Gasteiger charge is 2.59. The van der Waals surface area contributed by atoms with Gasteiger partial charge in [0.15, 0.2) is 5.13 Å². The van der Waals surface area contributed by atoms with Gasteiger partial charge in [0, 0.05) is 43.2 Å². The Bertz CT molecular complexity index is 1820. The molecule has 0 amide bonds. The van der Waals surface area contributed by atoms with Gasteiger partial charge in [0.25, 0.3) is 11.5 Å². The number of hydrogen-bond donors (Lipinski definition) is 2. The van der Waals surface area contributed by atoms with Crippen LogP contribution in [0.2, 0.25) is 0 Å². The zero-order chi connectivity index (χ0) is 29.6. The smallest absolute Gasteiger partial charge is 0.319 e. The summed E-state index contributed by atoms with van der Waals surface area (Å²) in [5.74, 6) is -3.18. The highest BCUT2D eigenvalue weighted by atomic mass is 32.1. The summed E-state index contributed by atoms with van der Waals surface area (Å²) in [6.45, 7) is 2.64. The number of nitrogens with zero attached hydrogens (tertiary/aromatic N) is 6.